The maximum absolute atomic E-state index is 6.03. The van der Waals surface area contributed by atoms with Crippen LogP contribution in [0.5, 0.6) is 5.75 Å². The van der Waals surface area contributed by atoms with Crippen LogP contribution in [0.4, 0.5) is 0 Å². The monoisotopic (exact) mass is 488 g/mol. The lowest BCUT2D eigenvalue weighted by atomic mass is 9.99. The van der Waals surface area contributed by atoms with Gasteiger partial charge < -0.3 is 9.30 Å². The summed E-state index contributed by atoms with van der Waals surface area (Å²) in [6.07, 6.45) is 4.03. The van der Waals surface area contributed by atoms with E-state index in [4.69, 9.17) is 9.72 Å². The Hall–Kier alpha value is -3.85. The molecule has 0 N–H and O–H groups in total. The van der Waals surface area contributed by atoms with Gasteiger partial charge in [-0.25, -0.2) is 4.98 Å². The third kappa shape index (κ3) is 6.11. The highest BCUT2D eigenvalue weighted by molar-refractivity contribution is 5.76. The summed E-state index contributed by atoms with van der Waals surface area (Å²) in [6, 6.07) is 36.5. The first-order valence-electron chi connectivity index (χ1n) is 13.5. The first-order valence-corrected chi connectivity index (χ1v) is 13.5. The van der Waals surface area contributed by atoms with Crippen molar-refractivity contribution in [1.82, 2.24) is 9.55 Å². The van der Waals surface area contributed by atoms with Crippen molar-refractivity contribution in [3.05, 3.63) is 120 Å². The van der Waals surface area contributed by atoms with Gasteiger partial charge in [-0.2, -0.15) is 0 Å². The van der Waals surface area contributed by atoms with Crippen LogP contribution in [0.3, 0.4) is 0 Å². The molecule has 0 amide bonds. The molecule has 3 heteroatoms. The van der Waals surface area contributed by atoms with E-state index in [1.165, 1.54) is 27.8 Å². The van der Waals surface area contributed by atoms with E-state index in [0.717, 1.165) is 55.9 Å². The fourth-order valence-electron chi connectivity index (χ4n) is 4.83. The summed E-state index contributed by atoms with van der Waals surface area (Å²) in [7, 11) is 0. The fourth-order valence-corrected chi connectivity index (χ4v) is 4.83. The number of nitrogens with zero attached hydrogens (tertiary/aromatic N) is 2. The second-order valence-electron chi connectivity index (χ2n) is 9.84. The zero-order valence-electron chi connectivity index (χ0n) is 21.9. The van der Waals surface area contributed by atoms with Gasteiger partial charge in [0.05, 0.1) is 17.6 Å². The van der Waals surface area contributed by atoms with Crippen LogP contribution >= 0.6 is 0 Å². The van der Waals surface area contributed by atoms with E-state index in [1.807, 2.05) is 0 Å². The number of imidazole rings is 1. The highest BCUT2D eigenvalue weighted by atomic mass is 16.5. The summed E-state index contributed by atoms with van der Waals surface area (Å²) in [5.74, 6) is 2.67. The van der Waals surface area contributed by atoms with E-state index in [2.05, 4.69) is 122 Å². The van der Waals surface area contributed by atoms with Crippen molar-refractivity contribution in [2.45, 2.75) is 52.0 Å². The topological polar surface area (TPSA) is 27.1 Å². The SMILES string of the molecule is CCC(C)c1ccc(OCCCCn2c(Cc3ccc(-c4ccccc4)cc3)nc3ccccc32)cc1. The predicted molar refractivity (Wildman–Crippen MR) is 154 cm³/mol. The number of unbranched alkanes of at least 4 members (excludes halogenated alkanes) is 1. The van der Waals surface area contributed by atoms with Crippen LogP contribution in [-0.4, -0.2) is 16.2 Å². The predicted octanol–water partition coefficient (Wildman–Crippen LogP) is 8.67. The molecule has 0 saturated carbocycles. The molecule has 0 radical (unpaired) electrons. The van der Waals surface area contributed by atoms with Crippen LogP contribution in [0.15, 0.2) is 103 Å². The van der Waals surface area contributed by atoms with Crippen LogP contribution in [0.25, 0.3) is 22.2 Å². The average molecular weight is 489 g/mol. The molecular formula is C34H36N2O. The fraction of sp³-hybridized carbons (Fsp3) is 0.265. The maximum Gasteiger partial charge on any atom is 0.119 e. The maximum atomic E-state index is 6.03. The van der Waals surface area contributed by atoms with E-state index in [0.29, 0.717) is 5.92 Å². The number of rotatable bonds is 11. The Bertz CT molecular complexity index is 1400. The Labute approximate surface area is 220 Å². The molecule has 1 aromatic heterocycles. The lowest BCUT2D eigenvalue weighted by molar-refractivity contribution is 0.303. The van der Waals surface area contributed by atoms with Crippen molar-refractivity contribution in [3.63, 3.8) is 0 Å². The van der Waals surface area contributed by atoms with Crippen molar-refractivity contribution in [2.75, 3.05) is 6.61 Å². The van der Waals surface area contributed by atoms with Crippen LogP contribution in [0, 0.1) is 0 Å². The first-order chi connectivity index (χ1) is 18.2. The molecule has 188 valence electrons. The van der Waals surface area contributed by atoms with E-state index in [1.54, 1.807) is 0 Å². The van der Waals surface area contributed by atoms with Crippen LogP contribution in [0.1, 0.15) is 56.0 Å². The first kappa shape index (κ1) is 24.8. The summed E-state index contributed by atoms with van der Waals surface area (Å²) >= 11 is 0. The summed E-state index contributed by atoms with van der Waals surface area (Å²) in [5.41, 5.74) is 7.42. The summed E-state index contributed by atoms with van der Waals surface area (Å²) < 4.78 is 8.42. The zero-order valence-corrected chi connectivity index (χ0v) is 21.9. The van der Waals surface area contributed by atoms with E-state index in [9.17, 15) is 0 Å². The molecular weight excluding hydrogens is 452 g/mol. The van der Waals surface area contributed by atoms with E-state index >= 15 is 0 Å². The largest absolute Gasteiger partial charge is 0.494 e. The molecule has 4 aromatic carbocycles. The van der Waals surface area contributed by atoms with Crippen molar-refractivity contribution < 1.29 is 4.74 Å². The normalized spacial score (nSPS) is 12.1. The lowest BCUT2D eigenvalue weighted by Gasteiger charge is -2.12. The molecule has 1 atom stereocenters. The molecule has 0 aliphatic carbocycles. The van der Waals surface area contributed by atoms with Gasteiger partial charge in [0.1, 0.15) is 11.6 Å². The minimum atomic E-state index is 0.593. The average Bonchev–Trinajstić information content (AvgIpc) is 3.30. The van der Waals surface area contributed by atoms with Crippen LogP contribution in [-0.2, 0) is 13.0 Å². The molecule has 3 nitrogen and oxygen atoms in total. The Morgan fingerprint density at radius 3 is 2.22 bits per heavy atom. The van der Waals surface area contributed by atoms with Crippen molar-refractivity contribution in [1.29, 1.82) is 0 Å². The number of hydrogen-bond acceptors (Lipinski definition) is 2. The quantitative estimate of drug-likeness (QED) is 0.174. The van der Waals surface area contributed by atoms with Gasteiger partial charge in [-0.3, -0.25) is 0 Å². The van der Waals surface area contributed by atoms with Gasteiger partial charge in [0.25, 0.3) is 0 Å². The highest BCUT2D eigenvalue weighted by Crippen LogP contribution is 2.24. The summed E-state index contributed by atoms with van der Waals surface area (Å²) in [4.78, 5) is 5.00. The molecule has 5 rings (SSSR count). The van der Waals surface area contributed by atoms with Gasteiger partial charge in [0.2, 0.25) is 0 Å². The van der Waals surface area contributed by atoms with Crippen molar-refractivity contribution in [2.24, 2.45) is 0 Å². The molecule has 0 aliphatic rings. The summed E-state index contributed by atoms with van der Waals surface area (Å²) in [5, 5.41) is 0. The highest BCUT2D eigenvalue weighted by Gasteiger charge is 2.11. The van der Waals surface area contributed by atoms with E-state index < -0.39 is 0 Å². The number of fused-ring (bicyclic) bond motifs is 1. The second kappa shape index (κ2) is 11.9. The Balaban J connectivity index is 1.21. The number of para-hydroxylation sites is 2. The molecule has 5 aromatic rings. The van der Waals surface area contributed by atoms with Crippen LogP contribution in [0.2, 0.25) is 0 Å². The molecule has 0 spiro atoms. The van der Waals surface area contributed by atoms with Crippen molar-refractivity contribution in [3.8, 4) is 16.9 Å². The van der Waals surface area contributed by atoms with Gasteiger partial charge in [-0.15, -0.1) is 0 Å². The standard InChI is InChI=1S/C34H36N2O/c1-3-26(2)28-19-21-31(22-20-28)37-24-10-9-23-36-33-14-8-7-13-32(33)35-34(36)25-27-15-17-30(18-16-27)29-11-5-4-6-12-29/h4-8,11-22,26H,3,9-10,23-25H2,1-2H3. The number of benzene rings is 4. The summed E-state index contributed by atoms with van der Waals surface area (Å²) in [6.45, 7) is 6.16. The number of aromatic nitrogens is 2. The van der Waals surface area contributed by atoms with Crippen LogP contribution < -0.4 is 4.74 Å². The Morgan fingerprint density at radius 1 is 0.757 bits per heavy atom. The third-order valence-corrected chi connectivity index (χ3v) is 7.26. The molecule has 0 saturated heterocycles. The second-order valence-corrected chi connectivity index (χ2v) is 9.84. The molecule has 1 unspecified atom stereocenters. The minimum Gasteiger partial charge on any atom is -0.494 e. The van der Waals surface area contributed by atoms with Gasteiger partial charge in [0.15, 0.2) is 0 Å². The van der Waals surface area contributed by atoms with Gasteiger partial charge in [0, 0.05) is 13.0 Å². The van der Waals surface area contributed by atoms with Crippen molar-refractivity contribution >= 4 is 11.0 Å². The van der Waals surface area contributed by atoms with Gasteiger partial charge in [-0.1, -0.05) is 92.7 Å². The van der Waals surface area contributed by atoms with Gasteiger partial charge >= 0.3 is 0 Å². The molecule has 37 heavy (non-hydrogen) atoms. The number of aryl methyl sites for hydroxylation is 1. The minimum absolute atomic E-state index is 0.593. The Kier molecular flexibility index (Phi) is 8.00. The molecule has 1 heterocycles. The molecule has 0 bridgehead atoms. The number of ether oxygens (including phenoxy) is 1. The Morgan fingerprint density at radius 2 is 1.46 bits per heavy atom. The molecule has 0 aliphatic heterocycles. The lowest BCUT2D eigenvalue weighted by Crippen LogP contribution is -2.07. The smallest absolute Gasteiger partial charge is 0.119 e. The number of hydrogen-bond donors (Lipinski definition) is 0. The third-order valence-electron chi connectivity index (χ3n) is 7.26. The zero-order chi connectivity index (χ0) is 25.5. The van der Waals surface area contributed by atoms with E-state index in [-0.39, 0.29) is 0 Å². The molecule has 0 fully saturated rings. The van der Waals surface area contributed by atoms with Gasteiger partial charge in [-0.05, 0) is 71.7 Å².